The van der Waals surface area contributed by atoms with E-state index in [4.69, 9.17) is 49.6 Å². The normalized spacial score (nSPS) is 18.9. The number of hydrogen-bond donors (Lipinski definition) is 22. The summed E-state index contributed by atoms with van der Waals surface area (Å²) in [5, 5.41) is 45.0. The summed E-state index contributed by atoms with van der Waals surface area (Å²) in [6, 6.07) is 2.92. The van der Waals surface area contributed by atoms with Crippen molar-refractivity contribution in [3.63, 3.8) is 0 Å². The van der Waals surface area contributed by atoms with Crippen molar-refractivity contribution in [2.24, 2.45) is 40.1 Å². The molecule has 5 rings (SSSR count). The Morgan fingerprint density at radius 3 is 1.76 bits per heavy atom. The number of H-pyrrole nitrogens is 1. The maximum absolute atomic E-state index is 15.6. The zero-order chi connectivity index (χ0) is 85.6. The first-order chi connectivity index (χ1) is 55.2. The SMILES string of the molecule is CC(=O)NCCCC[C@H](NC(=O)[C@](C)(CCCCN)NC(=O)[C@H](Cc1ccc(OCCN)cc1)NC(=O)[C@H](Cc1ccc(OCCN)cc1)NC(=O)[C@@H]1CSCC[C@H](NC(C)=O)C(=O)N[C@@H](CN)C(=O)N[C@@H]([C@@H](C)O)C(=O)N[C@@H](Cc2c[nH]c3ccccc23)C(=O)N[C@@H](CCC(N)=O)C(=O)N1)C(=O)N[C@@H](CC(N)=O)C(=O)NCC(N)=O. The Morgan fingerprint density at radius 2 is 1.18 bits per heavy atom. The van der Waals surface area contributed by atoms with Crippen molar-refractivity contribution in [3.8, 4) is 11.5 Å². The highest BCUT2D eigenvalue weighted by Crippen LogP contribution is 2.23. The zero-order valence-corrected chi connectivity index (χ0v) is 66.2. The minimum atomic E-state index is -2.01. The van der Waals surface area contributed by atoms with E-state index in [2.05, 4.69) is 74.1 Å². The molecule has 0 unspecified atom stereocenters. The fourth-order valence-electron chi connectivity index (χ4n) is 12.1. The van der Waals surface area contributed by atoms with Crippen LogP contribution in [0.25, 0.3) is 10.9 Å². The number of thioether (sulfide) groups is 1. The maximum atomic E-state index is 15.6. The highest BCUT2D eigenvalue weighted by Gasteiger charge is 2.42. The molecule has 2 heterocycles. The summed E-state index contributed by atoms with van der Waals surface area (Å²) in [6.07, 6.45) is -2.63. The number of benzene rings is 3. The van der Waals surface area contributed by atoms with Crippen LogP contribution in [0, 0.1) is 0 Å². The van der Waals surface area contributed by atoms with E-state index in [1.807, 2.05) is 0 Å². The molecule has 1 saturated heterocycles. The van der Waals surface area contributed by atoms with Gasteiger partial charge in [0.05, 0.1) is 19.1 Å². The molecule has 1 fully saturated rings. The average molecular weight is 1640 g/mol. The number of para-hydroxylation sites is 1. The quantitative estimate of drug-likeness (QED) is 0.0183. The van der Waals surface area contributed by atoms with Gasteiger partial charge >= 0.3 is 0 Å². The molecule has 0 radical (unpaired) electrons. The van der Waals surface area contributed by atoms with Crippen LogP contribution in [0.15, 0.2) is 79.0 Å². The summed E-state index contributed by atoms with van der Waals surface area (Å²) in [5.74, 6) is -15.2. The highest BCUT2D eigenvalue weighted by atomic mass is 32.2. The van der Waals surface area contributed by atoms with Gasteiger partial charge in [0, 0.05) is 88.6 Å². The van der Waals surface area contributed by atoms with E-state index in [0.29, 0.717) is 45.5 Å². The van der Waals surface area contributed by atoms with Gasteiger partial charge in [0.25, 0.3) is 0 Å². The lowest BCUT2D eigenvalue weighted by molar-refractivity contribution is -0.138. The third kappa shape index (κ3) is 32.4. The number of ether oxygens (including phenoxy) is 2. The molecule has 0 saturated carbocycles. The molecule has 1 aliphatic heterocycles. The molecule has 3 aromatic carbocycles. The van der Waals surface area contributed by atoms with Crippen LogP contribution in [-0.2, 0) is 96.0 Å². The number of nitrogens with two attached hydrogens (primary N) is 7. The van der Waals surface area contributed by atoms with Crippen molar-refractivity contribution < 1.29 is 91.3 Å². The van der Waals surface area contributed by atoms with E-state index in [-0.39, 0.29) is 109 Å². The van der Waals surface area contributed by atoms with Gasteiger partial charge in [-0.2, -0.15) is 11.8 Å². The van der Waals surface area contributed by atoms with Crippen molar-refractivity contribution in [2.45, 2.75) is 183 Å². The number of aliphatic hydroxyl groups excluding tert-OH is 1. The molecule has 0 spiro atoms. The van der Waals surface area contributed by atoms with Crippen molar-refractivity contribution >= 4 is 117 Å². The third-order valence-electron chi connectivity index (χ3n) is 18.3. The molecule has 0 bridgehead atoms. The van der Waals surface area contributed by atoms with Gasteiger partial charge in [-0.15, -0.1) is 0 Å². The Hall–Kier alpha value is -11.5. The highest BCUT2D eigenvalue weighted by molar-refractivity contribution is 7.99. The van der Waals surface area contributed by atoms with Gasteiger partial charge in [-0.1, -0.05) is 42.5 Å². The second-order valence-electron chi connectivity index (χ2n) is 28.0. The first kappa shape index (κ1) is 95.1. The minimum Gasteiger partial charge on any atom is -0.492 e. The molecule has 16 amide bonds. The molecule has 116 heavy (non-hydrogen) atoms. The predicted octanol–water partition coefficient (Wildman–Crippen LogP) is -6.73. The number of aromatic nitrogens is 1. The van der Waals surface area contributed by atoms with Gasteiger partial charge in [0.1, 0.15) is 90.7 Å². The van der Waals surface area contributed by atoms with E-state index in [9.17, 15) is 57.8 Å². The monoisotopic (exact) mass is 1640 g/mol. The van der Waals surface area contributed by atoms with Gasteiger partial charge in [-0.25, -0.2) is 0 Å². The van der Waals surface area contributed by atoms with Crippen molar-refractivity contribution in [3.05, 3.63) is 95.7 Å². The Labute approximate surface area is 674 Å². The van der Waals surface area contributed by atoms with Crippen molar-refractivity contribution in [2.75, 3.05) is 64.0 Å². The molecule has 1 aromatic heterocycles. The Morgan fingerprint density at radius 1 is 0.595 bits per heavy atom. The molecule has 41 heteroatoms. The van der Waals surface area contributed by atoms with Gasteiger partial charge in [-0.05, 0) is 125 Å². The topological polar surface area (TPSA) is 666 Å². The van der Waals surface area contributed by atoms with Gasteiger partial charge in [-0.3, -0.25) is 76.7 Å². The molecule has 0 aliphatic carbocycles. The molecule has 12 atom stereocenters. The molecule has 1 aliphatic rings. The summed E-state index contributed by atoms with van der Waals surface area (Å²) in [4.78, 5) is 226. The zero-order valence-electron chi connectivity index (χ0n) is 65.4. The molecule has 40 nitrogen and oxygen atoms in total. The molecule has 4 aromatic rings. The van der Waals surface area contributed by atoms with Crippen molar-refractivity contribution in [1.82, 2.24) is 74.1 Å². The Kier molecular flexibility index (Phi) is 39.9. The number of amides is 16. The minimum absolute atomic E-state index is 0.106. The number of carbonyl (C=O) groups excluding carboxylic acids is 16. The van der Waals surface area contributed by atoms with E-state index < -0.39 is 199 Å². The first-order valence-electron chi connectivity index (χ1n) is 37.9. The number of carbonyl (C=O) groups is 16. The smallest absolute Gasteiger partial charge is 0.246 e. The maximum Gasteiger partial charge on any atom is 0.246 e. The third-order valence-corrected chi connectivity index (χ3v) is 19.4. The lowest BCUT2D eigenvalue weighted by Gasteiger charge is -2.34. The van der Waals surface area contributed by atoms with Crippen LogP contribution in [0.2, 0.25) is 0 Å². The number of aliphatic hydroxyl groups is 1. The summed E-state index contributed by atoms with van der Waals surface area (Å²) in [7, 11) is 0. The first-order valence-corrected chi connectivity index (χ1v) is 39.1. The van der Waals surface area contributed by atoms with Crippen LogP contribution < -0.4 is 119 Å². The number of aromatic amines is 1. The summed E-state index contributed by atoms with van der Waals surface area (Å²) in [5.41, 5.74) is 39.6. The van der Waals surface area contributed by atoms with Crippen LogP contribution >= 0.6 is 11.8 Å². The lowest BCUT2D eigenvalue weighted by Crippen LogP contribution is -2.64. The fourth-order valence-corrected chi connectivity index (χ4v) is 13.1. The van der Waals surface area contributed by atoms with E-state index in [1.54, 1.807) is 79.0 Å². The van der Waals surface area contributed by atoms with Crippen LogP contribution in [0.5, 0.6) is 11.5 Å². The average Bonchev–Trinajstić information content (AvgIpc) is 1.73. The fraction of sp³-hybridized carbons (Fsp3) is 0.520. The molecular weight excluding hydrogens is 1530 g/mol. The number of primary amides is 3. The molecular formula is C75H111N21O19S. The van der Waals surface area contributed by atoms with Gasteiger partial charge in [0.15, 0.2) is 0 Å². The Balaban J connectivity index is 1.65. The summed E-state index contributed by atoms with van der Waals surface area (Å²) < 4.78 is 11.4. The summed E-state index contributed by atoms with van der Waals surface area (Å²) in [6.45, 7) is 4.53. The lowest BCUT2D eigenvalue weighted by atomic mass is 9.91. The second-order valence-corrected chi connectivity index (χ2v) is 29.1. The molecule has 636 valence electrons. The standard InChI is InChI=1S/C75H111N21O19S/c1-41(97)63-73(112)91-56(35-46-38-84-50-12-6-5-11-49(46)50)69(108)87-52(22-23-60(80)100)66(105)93-59(40-116-32-24-53(86-43(3)99)67(106)92-58(37-79)70(109)95-63)71(110)88-54(33-44-14-18-47(19-15-44)114-30-27-77)68(107)89-55(34-45-16-20-48(21-17-45)115-31-28-78)72(111)96-75(4,25-8-9-26-76)74(113)94-51(13-7-10-29-83-42(2)98)65(104)90-57(36-61(81)101)64(103)85-39-62(82)102/h5-6,11-12,14-21,38,41,51-59,63,84,97H,7-10,13,22-37,39-40,76-79H2,1-4H3,(H2,80,100)(H2,81,101)(H2,82,102)(H,83,98)(H,85,103)(H,86,99)(H,87,108)(H,88,110)(H,89,107)(H,90,104)(H,91,112)(H,92,106)(H,93,105)(H,94,113)(H,95,109)(H,96,111)/t41-,51+,52+,53+,54+,55+,56+,57+,58+,59+,63+,75+/m1/s1. The van der Waals surface area contributed by atoms with Crippen molar-refractivity contribution in [1.29, 1.82) is 0 Å². The van der Waals surface area contributed by atoms with E-state index in [1.165, 1.54) is 20.8 Å². The number of rotatable bonds is 42. The number of hydrogen-bond acceptors (Lipinski definition) is 24. The van der Waals surface area contributed by atoms with E-state index in [0.717, 1.165) is 18.7 Å². The number of fused-ring (bicyclic) bond motifs is 1. The predicted molar refractivity (Wildman–Crippen MR) is 425 cm³/mol. The van der Waals surface area contributed by atoms with Crippen LogP contribution in [-0.4, -0.2) is 241 Å². The Bertz CT molecular complexity index is 4040. The van der Waals surface area contributed by atoms with Gasteiger partial charge < -0.3 is 129 Å². The summed E-state index contributed by atoms with van der Waals surface area (Å²) >= 11 is 0.946. The number of nitrogens with one attached hydrogen (secondary N) is 14. The second kappa shape index (κ2) is 48.6. The van der Waals surface area contributed by atoms with Gasteiger partial charge in [0.2, 0.25) is 94.5 Å². The number of unbranched alkanes of at least 4 members (excludes halogenated alkanes) is 2. The largest absolute Gasteiger partial charge is 0.492 e. The molecule has 29 N–H and O–H groups in total. The van der Waals surface area contributed by atoms with Crippen LogP contribution in [0.4, 0.5) is 0 Å². The van der Waals surface area contributed by atoms with Crippen LogP contribution in [0.1, 0.15) is 109 Å². The van der Waals surface area contributed by atoms with Crippen LogP contribution in [0.3, 0.4) is 0 Å². The van der Waals surface area contributed by atoms with E-state index >= 15 is 24.0 Å².